The van der Waals surface area contributed by atoms with Crippen molar-refractivity contribution in [2.75, 3.05) is 0 Å². The third kappa shape index (κ3) is 4.00. The van der Waals surface area contributed by atoms with Crippen LogP contribution in [0.15, 0.2) is 24.3 Å². The van der Waals surface area contributed by atoms with E-state index in [2.05, 4.69) is 0 Å². The van der Waals surface area contributed by atoms with Crippen molar-refractivity contribution in [3.05, 3.63) is 24.3 Å². The zero-order valence-corrected chi connectivity index (χ0v) is 10.1. The third-order valence-electron chi connectivity index (χ3n) is 1.48. The first kappa shape index (κ1) is 13.3. The van der Waals surface area contributed by atoms with E-state index < -0.39 is 12.1 Å². The quantitative estimate of drug-likeness (QED) is 0.530. The van der Waals surface area contributed by atoms with Crippen LogP contribution in [0.4, 0.5) is 0 Å². The van der Waals surface area contributed by atoms with Crippen LogP contribution in [0.5, 0.6) is 11.5 Å². The SMILES string of the molecule is C[C@@H](Oc1ccc(O)cc1)C(=O)[O-].[Na+]. The molecule has 0 radical (unpaired) electrons. The fourth-order valence-corrected chi connectivity index (χ4v) is 0.777. The number of aromatic hydroxyl groups is 1. The van der Waals surface area contributed by atoms with Crippen molar-refractivity contribution in [2.45, 2.75) is 13.0 Å². The minimum Gasteiger partial charge on any atom is -0.546 e. The molecule has 0 aliphatic heterocycles. The molecule has 1 atom stereocenters. The number of phenolic OH excluding ortho intramolecular Hbond substituents is 1. The van der Waals surface area contributed by atoms with Crippen LogP contribution < -0.4 is 39.4 Å². The molecule has 5 heteroatoms. The number of aliphatic carboxylic acids is 1. The molecule has 0 saturated heterocycles. The number of carbonyl (C=O) groups excluding carboxylic acids is 1. The molecule has 0 bridgehead atoms. The molecule has 0 saturated carbocycles. The Morgan fingerprint density at radius 3 is 2.36 bits per heavy atom. The molecule has 1 aromatic rings. The summed E-state index contributed by atoms with van der Waals surface area (Å²) in [4.78, 5) is 10.3. The van der Waals surface area contributed by atoms with Crippen LogP contribution in [0, 0.1) is 0 Å². The predicted octanol–water partition coefficient (Wildman–Crippen LogP) is -3.09. The van der Waals surface area contributed by atoms with E-state index in [0.29, 0.717) is 5.75 Å². The summed E-state index contributed by atoms with van der Waals surface area (Å²) in [6.07, 6.45) is -0.996. The molecular formula is C9H9NaO4. The molecule has 0 unspecified atom stereocenters. The first-order valence-corrected chi connectivity index (χ1v) is 3.76. The topological polar surface area (TPSA) is 69.6 Å². The fourth-order valence-electron chi connectivity index (χ4n) is 0.777. The van der Waals surface area contributed by atoms with Crippen molar-refractivity contribution in [1.82, 2.24) is 0 Å². The number of phenols is 1. The zero-order valence-electron chi connectivity index (χ0n) is 8.06. The largest absolute Gasteiger partial charge is 1.00 e. The van der Waals surface area contributed by atoms with Gasteiger partial charge in [-0.25, -0.2) is 0 Å². The van der Waals surface area contributed by atoms with Gasteiger partial charge in [-0.2, -0.15) is 0 Å². The normalized spacial score (nSPS) is 11.2. The second-order valence-electron chi connectivity index (χ2n) is 2.57. The summed E-state index contributed by atoms with van der Waals surface area (Å²) in [7, 11) is 0. The monoisotopic (exact) mass is 204 g/mol. The van der Waals surface area contributed by atoms with Gasteiger partial charge in [0.15, 0.2) is 0 Å². The zero-order chi connectivity index (χ0) is 9.84. The summed E-state index contributed by atoms with van der Waals surface area (Å²) in [6.45, 7) is 1.38. The Hall–Kier alpha value is -0.710. The number of hydrogen-bond acceptors (Lipinski definition) is 4. The van der Waals surface area contributed by atoms with Crippen molar-refractivity contribution in [3.8, 4) is 11.5 Å². The third-order valence-corrected chi connectivity index (χ3v) is 1.48. The summed E-state index contributed by atoms with van der Waals surface area (Å²) >= 11 is 0. The van der Waals surface area contributed by atoms with Crippen LogP contribution >= 0.6 is 0 Å². The van der Waals surface area contributed by atoms with E-state index in [0.717, 1.165) is 0 Å². The van der Waals surface area contributed by atoms with Gasteiger partial charge in [-0.15, -0.1) is 0 Å². The maximum Gasteiger partial charge on any atom is 1.00 e. The van der Waals surface area contributed by atoms with Crippen molar-refractivity contribution in [1.29, 1.82) is 0 Å². The molecule has 1 rings (SSSR count). The number of benzene rings is 1. The van der Waals surface area contributed by atoms with Crippen molar-refractivity contribution in [3.63, 3.8) is 0 Å². The van der Waals surface area contributed by atoms with Gasteiger partial charge in [0.05, 0.1) is 5.97 Å². The Bertz CT molecular complexity index is 296. The molecule has 0 fully saturated rings. The van der Waals surface area contributed by atoms with Crippen molar-refractivity contribution in [2.24, 2.45) is 0 Å². The molecule has 0 aliphatic rings. The Kier molecular flexibility index (Phi) is 5.60. The Morgan fingerprint density at radius 1 is 1.43 bits per heavy atom. The van der Waals surface area contributed by atoms with Gasteiger partial charge in [-0.1, -0.05) is 0 Å². The minimum absolute atomic E-state index is 0. The van der Waals surface area contributed by atoms with E-state index in [9.17, 15) is 9.90 Å². The van der Waals surface area contributed by atoms with E-state index >= 15 is 0 Å². The van der Waals surface area contributed by atoms with E-state index in [1.807, 2.05) is 0 Å². The number of ether oxygens (including phenoxy) is 1. The van der Waals surface area contributed by atoms with Crippen LogP contribution in [0.2, 0.25) is 0 Å². The fraction of sp³-hybridized carbons (Fsp3) is 0.222. The van der Waals surface area contributed by atoms with Gasteiger partial charge in [0.2, 0.25) is 0 Å². The number of carboxylic acid groups (broad SMARTS) is 1. The molecule has 0 spiro atoms. The minimum atomic E-state index is -1.27. The second-order valence-corrected chi connectivity index (χ2v) is 2.57. The van der Waals surface area contributed by atoms with Gasteiger partial charge in [-0.05, 0) is 31.2 Å². The number of hydrogen-bond donors (Lipinski definition) is 1. The van der Waals surface area contributed by atoms with E-state index in [1.54, 1.807) is 0 Å². The number of rotatable bonds is 3. The molecule has 0 heterocycles. The van der Waals surface area contributed by atoms with Gasteiger partial charge in [0.25, 0.3) is 0 Å². The summed E-state index contributed by atoms with van der Waals surface area (Å²) in [5.41, 5.74) is 0. The number of carbonyl (C=O) groups is 1. The van der Waals surface area contributed by atoms with Crippen molar-refractivity contribution < 1.29 is 49.3 Å². The van der Waals surface area contributed by atoms with Gasteiger partial charge in [-0.3, -0.25) is 0 Å². The number of carboxylic acids is 1. The van der Waals surface area contributed by atoms with Gasteiger partial charge >= 0.3 is 29.6 Å². The first-order chi connectivity index (χ1) is 6.09. The molecule has 0 aliphatic carbocycles. The van der Waals surface area contributed by atoms with E-state index in [-0.39, 0.29) is 35.3 Å². The Morgan fingerprint density at radius 2 is 1.93 bits per heavy atom. The molecular weight excluding hydrogens is 195 g/mol. The average molecular weight is 204 g/mol. The van der Waals surface area contributed by atoms with Gasteiger partial charge < -0.3 is 19.7 Å². The maximum atomic E-state index is 10.3. The van der Waals surface area contributed by atoms with Gasteiger partial charge in [0.1, 0.15) is 17.6 Å². The molecule has 14 heavy (non-hydrogen) atoms. The maximum absolute atomic E-state index is 10.3. The molecule has 1 aromatic carbocycles. The summed E-state index contributed by atoms with van der Waals surface area (Å²) in [6, 6.07) is 5.79. The second kappa shape index (κ2) is 5.90. The van der Waals surface area contributed by atoms with Crippen LogP contribution in [0.1, 0.15) is 6.92 Å². The summed E-state index contributed by atoms with van der Waals surface area (Å²) in [5, 5.41) is 19.2. The summed E-state index contributed by atoms with van der Waals surface area (Å²) in [5.74, 6) is -0.781. The molecule has 0 aromatic heterocycles. The van der Waals surface area contributed by atoms with E-state index in [1.165, 1.54) is 31.2 Å². The molecule has 4 nitrogen and oxygen atoms in total. The van der Waals surface area contributed by atoms with Crippen LogP contribution in [0.25, 0.3) is 0 Å². The summed E-state index contributed by atoms with van der Waals surface area (Å²) < 4.78 is 4.96. The van der Waals surface area contributed by atoms with Crippen LogP contribution in [-0.2, 0) is 4.79 Å². The predicted molar refractivity (Wildman–Crippen MR) is 43.2 cm³/mol. The average Bonchev–Trinajstić information content (AvgIpc) is 2.08. The Balaban J connectivity index is 0.00000169. The van der Waals surface area contributed by atoms with Gasteiger partial charge in [0, 0.05) is 0 Å². The standard InChI is InChI=1S/C9H10O4.Na/c1-6(9(11)12)13-8-4-2-7(10)3-5-8;/h2-6,10H,1H3,(H,11,12);/q;+1/p-1/t6-;/m1./s1. The molecule has 70 valence electrons. The smallest absolute Gasteiger partial charge is 0.546 e. The van der Waals surface area contributed by atoms with Crippen molar-refractivity contribution >= 4 is 5.97 Å². The first-order valence-electron chi connectivity index (χ1n) is 3.76. The van der Waals surface area contributed by atoms with Crippen LogP contribution in [0.3, 0.4) is 0 Å². The van der Waals surface area contributed by atoms with E-state index in [4.69, 9.17) is 9.84 Å². The molecule has 0 amide bonds. The molecule has 1 N–H and O–H groups in total. The Labute approximate surface area is 104 Å². The van der Waals surface area contributed by atoms with Crippen LogP contribution in [-0.4, -0.2) is 17.2 Å².